The predicted octanol–water partition coefficient (Wildman–Crippen LogP) is 3.13. The average Bonchev–Trinajstić information content (AvgIpc) is 3.10. The Bertz CT molecular complexity index is 1540. The number of nitrogens with two attached hydrogens (primary N) is 1. The Morgan fingerprint density at radius 3 is 1.56 bits per heavy atom. The minimum absolute atomic E-state index is 0. The van der Waals surface area contributed by atoms with Crippen LogP contribution in [-0.4, -0.2) is 83.8 Å². The van der Waals surface area contributed by atoms with E-state index in [4.69, 9.17) is 15.2 Å². The number of piperidine rings is 2. The molecule has 3 N–H and O–H groups in total. The van der Waals surface area contributed by atoms with Gasteiger partial charge in [-0.2, -0.15) is 0 Å². The number of carbonyl (C=O) groups is 4. The van der Waals surface area contributed by atoms with Crippen LogP contribution in [0.2, 0.25) is 0 Å². The van der Waals surface area contributed by atoms with Gasteiger partial charge in [0.1, 0.15) is 0 Å². The maximum atomic E-state index is 12.6. The van der Waals surface area contributed by atoms with Crippen molar-refractivity contribution < 1.29 is 28.7 Å². The van der Waals surface area contributed by atoms with Gasteiger partial charge in [0.05, 0.1) is 38.5 Å². The molecule has 0 aliphatic carbocycles. The van der Waals surface area contributed by atoms with E-state index in [2.05, 4.69) is 17.4 Å². The fraction of sp³-hybridized carbons (Fsp3) is 0.421. The van der Waals surface area contributed by atoms with E-state index >= 15 is 0 Å². The number of nitrogens with zero attached hydrogens (tertiary/aromatic N) is 2. The van der Waals surface area contributed by atoms with Crippen molar-refractivity contribution in [2.75, 3.05) is 26.4 Å². The molecule has 48 heavy (non-hydrogen) atoms. The third-order valence-electron chi connectivity index (χ3n) is 9.68. The van der Waals surface area contributed by atoms with Crippen molar-refractivity contribution in [2.24, 2.45) is 17.6 Å². The van der Waals surface area contributed by atoms with Gasteiger partial charge in [-0.25, -0.2) is 0 Å². The first-order valence-corrected chi connectivity index (χ1v) is 16.3. The quantitative estimate of drug-likeness (QED) is 0.372. The Kier molecular flexibility index (Phi) is 11.9. The van der Waals surface area contributed by atoms with E-state index in [1.807, 2.05) is 78.9 Å². The highest BCUT2D eigenvalue weighted by Crippen LogP contribution is 2.32. The SMILES string of the molecule is C.N[C@H]1COC[C@@H]2[C@@H]1CC(=O)C(=O)N2Cc1ccccc1.O=C1C[C@@H]2[C@@H](NCc3ccccc3)COC[C@H]2N(Cc2ccccc2)C1=O. The van der Waals surface area contributed by atoms with Gasteiger partial charge in [0.15, 0.2) is 0 Å². The summed E-state index contributed by atoms with van der Waals surface area (Å²) in [7, 11) is 0. The highest BCUT2D eigenvalue weighted by atomic mass is 16.5. The molecule has 4 aliphatic rings. The van der Waals surface area contributed by atoms with E-state index in [0.717, 1.165) is 17.7 Å². The molecule has 3 aromatic carbocycles. The Morgan fingerprint density at radius 1 is 0.604 bits per heavy atom. The highest BCUT2D eigenvalue weighted by Gasteiger charge is 2.47. The second-order valence-corrected chi connectivity index (χ2v) is 12.8. The van der Waals surface area contributed by atoms with Crippen LogP contribution in [0.3, 0.4) is 0 Å². The zero-order chi connectivity index (χ0) is 32.8. The summed E-state index contributed by atoms with van der Waals surface area (Å²) < 4.78 is 11.3. The van der Waals surface area contributed by atoms with Crippen molar-refractivity contribution in [3.8, 4) is 0 Å². The van der Waals surface area contributed by atoms with E-state index in [9.17, 15) is 19.2 Å². The van der Waals surface area contributed by atoms with E-state index in [1.54, 1.807) is 9.80 Å². The highest BCUT2D eigenvalue weighted by molar-refractivity contribution is 6.37. The van der Waals surface area contributed by atoms with Crippen LogP contribution in [0.4, 0.5) is 0 Å². The Balaban J connectivity index is 0.000000192. The van der Waals surface area contributed by atoms with Crippen molar-refractivity contribution in [2.45, 2.75) is 64.1 Å². The molecule has 0 spiro atoms. The maximum Gasteiger partial charge on any atom is 0.290 e. The number of hydrogen-bond acceptors (Lipinski definition) is 8. The van der Waals surface area contributed by atoms with Crippen LogP contribution < -0.4 is 11.1 Å². The molecule has 0 saturated carbocycles. The van der Waals surface area contributed by atoms with Crippen LogP contribution in [0.1, 0.15) is 37.0 Å². The largest absolute Gasteiger partial charge is 0.378 e. The lowest BCUT2D eigenvalue weighted by atomic mass is 9.81. The van der Waals surface area contributed by atoms with Crippen LogP contribution in [0, 0.1) is 11.8 Å². The molecule has 4 fully saturated rings. The van der Waals surface area contributed by atoms with E-state index < -0.39 is 5.91 Å². The molecule has 7 rings (SSSR count). The number of hydrogen-bond donors (Lipinski definition) is 2. The molecule has 0 bridgehead atoms. The van der Waals surface area contributed by atoms with E-state index in [0.29, 0.717) is 45.9 Å². The number of amides is 2. The number of benzene rings is 3. The van der Waals surface area contributed by atoms with Crippen LogP contribution in [-0.2, 0) is 48.3 Å². The van der Waals surface area contributed by atoms with Crippen molar-refractivity contribution in [3.63, 3.8) is 0 Å². The summed E-state index contributed by atoms with van der Waals surface area (Å²) in [6.45, 7) is 3.57. The summed E-state index contributed by atoms with van der Waals surface area (Å²) in [4.78, 5) is 52.4. The molecule has 0 unspecified atom stereocenters. The molecule has 3 aromatic rings. The van der Waals surface area contributed by atoms with Crippen molar-refractivity contribution in [1.29, 1.82) is 0 Å². The predicted molar refractivity (Wildman–Crippen MR) is 181 cm³/mol. The number of Topliss-reactive ketones (excluding diaryl/α,β-unsaturated/α-hetero) is 2. The van der Waals surface area contributed by atoms with Gasteiger partial charge in [0, 0.05) is 56.4 Å². The minimum atomic E-state index is -0.409. The molecule has 0 aromatic heterocycles. The van der Waals surface area contributed by atoms with Gasteiger partial charge in [-0.3, -0.25) is 19.2 Å². The van der Waals surface area contributed by atoms with Gasteiger partial charge in [-0.15, -0.1) is 0 Å². The van der Waals surface area contributed by atoms with Gasteiger partial charge >= 0.3 is 0 Å². The molecule has 10 heteroatoms. The topological polar surface area (TPSA) is 131 Å². The molecule has 2 amide bonds. The lowest BCUT2D eigenvalue weighted by Gasteiger charge is -2.46. The third-order valence-corrected chi connectivity index (χ3v) is 9.68. The first-order chi connectivity index (χ1) is 22.9. The molecule has 0 radical (unpaired) electrons. The fourth-order valence-electron chi connectivity index (χ4n) is 7.11. The smallest absolute Gasteiger partial charge is 0.290 e. The zero-order valence-electron chi connectivity index (χ0n) is 26.4. The van der Waals surface area contributed by atoms with Crippen molar-refractivity contribution in [3.05, 3.63) is 108 Å². The first-order valence-electron chi connectivity index (χ1n) is 16.3. The summed E-state index contributed by atoms with van der Waals surface area (Å²) in [5.41, 5.74) is 9.27. The lowest BCUT2D eigenvalue weighted by Crippen LogP contribution is -2.62. The van der Waals surface area contributed by atoms with Gasteiger partial charge in [-0.05, 0) is 16.7 Å². The van der Waals surface area contributed by atoms with Crippen molar-refractivity contribution in [1.82, 2.24) is 15.1 Å². The summed E-state index contributed by atoms with van der Waals surface area (Å²) in [6, 6.07) is 29.4. The minimum Gasteiger partial charge on any atom is -0.378 e. The summed E-state index contributed by atoms with van der Waals surface area (Å²) >= 11 is 0. The first kappa shape index (κ1) is 35.1. The molecule has 4 saturated heterocycles. The molecule has 10 nitrogen and oxygen atoms in total. The van der Waals surface area contributed by atoms with Crippen LogP contribution in [0.15, 0.2) is 91.0 Å². The maximum absolute atomic E-state index is 12.6. The van der Waals surface area contributed by atoms with Gasteiger partial charge in [0.25, 0.3) is 11.8 Å². The number of rotatable bonds is 7. The second-order valence-electron chi connectivity index (χ2n) is 12.8. The number of ether oxygens (including phenoxy) is 2. The molecule has 254 valence electrons. The molecular formula is C38H46N4O6. The summed E-state index contributed by atoms with van der Waals surface area (Å²) in [5, 5.41) is 3.54. The average molecular weight is 655 g/mol. The van der Waals surface area contributed by atoms with Crippen molar-refractivity contribution >= 4 is 23.4 Å². The van der Waals surface area contributed by atoms with Crippen LogP contribution in [0.5, 0.6) is 0 Å². The number of nitrogens with one attached hydrogen (secondary N) is 1. The standard InChI is InChI=1S/C22H24N2O3.C15H18N2O3.CH4/c25-21-11-18-19(23-12-16-7-3-1-4-8-16)14-27-15-20(18)24(22(21)26)13-17-9-5-2-6-10-17;16-12-8-20-9-13-11(12)6-14(18)15(19)17(13)7-10-4-2-1-3-5-10;/h1-10,18-20,23H,11-15H2;1-5,11-13H,6-9,16H2;1H4/t18-,19+,20-;11-,12+,13-;/m11./s1. The lowest BCUT2D eigenvalue weighted by molar-refractivity contribution is -0.159. The number of likely N-dealkylation sites (tertiary alicyclic amines) is 2. The molecular weight excluding hydrogens is 608 g/mol. The molecule has 4 heterocycles. The Morgan fingerprint density at radius 2 is 1.04 bits per heavy atom. The fourth-order valence-corrected chi connectivity index (χ4v) is 7.11. The van der Waals surface area contributed by atoms with Gasteiger partial charge in [-0.1, -0.05) is 98.4 Å². The summed E-state index contributed by atoms with van der Waals surface area (Å²) in [5.74, 6) is -1.32. The molecule has 4 aliphatic heterocycles. The zero-order valence-corrected chi connectivity index (χ0v) is 26.4. The monoisotopic (exact) mass is 654 g/mol. The number of carbonyl (C=O) groups excluding carboxylic acids is 4. The normalized spacial score (nSPS) is 26.9. The van der Waals surface area contributed by atoms with Gasteiger partial charge in [0.2, 0.25) is 11.6 Å². The summed E-state index contributed by atoms with van der Waals surface area (Å²) in [6.07, 6.45) is 0.546. The molecule has 6 atom stereocenters. The Labute approximate surface area is 282 Å². The third kappa shape index (κ3) is 8.07. The van der Waals surface area contributed by atoms with Crippen LogP contribution in [0.25, 0.3) is 0 Å². The van der Waals surface area contributed by atoms with Gasteiger partial charge < -0.3 is 30.3 Å². The van der Waals surface area contributed by atoms with E-state index in [-0.39, 0.29) is 67.3 Å². The number of ketones is 2. The van der Waals surface area contributed by atoms with E-state index in [1.165, 1.54) is 5.56 Å². The number of fused-ring (bicyclic) bond motifs is 2. The second kappa shape index (κ2) is 16.3. The van der Waals surface area contributed by atoms with Crippen LogP contribution >= 0.6 is 0 Å². The Hall–Kier alpha value is -4.22.